The normalized spacial score (nSPS) is 11.0. The van der Waals surface area contributed by atoms with Crippen molar-refractivity contribution >= 4 is 44.1 Å². The highest BCUT2D eigenvalue weighted by Gasteiger charge is 2.14. The lowest BCUT2D eigenvalue weighted by molar-refractivity contribution is 0.0953. The molecule has 0 unspecified atom stereocenters. The van der Waals surface area contributed by atoms with Crippen LogP contribution in [0.4, 0.5) is 0 Å². The second kappa shape index (κ2) is 5.59. The van der Waals surface area contributed by atoms with E-state index in [-0.39, 0.29) is 5.91 Å². The van der Waals surface area contributed by atoms with Crippen LogP contribution in [0.1, 0.15) is 21.2 Å². The number of fused-ring (bicyclic) bond motifs is 1. The van der Waals surface area contributed by atoms with E-state index in [1.54, 1.807) is 0 Å². The molecule has 0 radical (unpaired) electrons. The largest absolute Gasteiger partial charge is 0.338 e. The molecule has 2 heterocycles. The molecule has 3 N–H and O–H groups in total. The quantitative estimate of drug-likeness (QED) is 0.426. The number of rotatable bonds is 3. The van der Waals surface area contributed by atoms with E-state index >= 15 is 0 Å². The summed E-state index contributed by atoms with van der Waals surface area (Å²) in [5.74, 6) is 4.76. The number of carbonyl (C=O) groups excluding carboxylic acids is 1. The van der Waals surface area contributed by atoms with E-state index < -0.39 is 0 Å². The van der Waals surface area contributed by atoms with Crippen molar-refractivity contribution in [1.29, 1.82) is 0 Å². The molecule has 7 heteroatoms. The lowest BCUT2D eigenvalue weighted by atomic mass is 10.2. The highest BCUT2D eigenvalue weighted by molar-refractivity contribution is 9.10. The van der Waals surface area contributed by atoms with E-state index in [9.17, 15) is 4.79 Å². The SMILES string of the molecule is Cc1c(Br)c2ccccc2n1Cc1csc(C(=O)NN)n1. The first kappa shape index (κ1) is 14.2. The van der Waals surface area contributed by atoms with Crippen LogP contribution < -0.4 is 11.3 Å². The molecule has 0 saturated heterocycles. The van der Waals surface area contributed by atoms with Crippen molar-refractivity contribution in [3.05, 3.63) is 50.5 Å². The second-order valence-corrected chi connectivity index (χ2v) is 6.27. The van der Waals surface area contributed by atoms with Crippen LogP contribution in [0.2, 0.25) is 0 Å². The number of benzene rings is 1. The summed E-state index contributed by atoms with van der Waals surface area (Å²) in [7, 11) is 0. The second-order valence-electron chi connectivity index (χ2n) is 4.62. The number of hydrogen-bond donors (Lipinski definition) is 2. The van der Waals surface area contributed by atoms with Gasteiger partial charge in [0.25, 0.3) is 5.91 Å². The van der Waals surface area contributed by atoms with Crippen molar-refractivity contribution in [3.8, 4) is 0 Å². The number of carbonyl (C=O) groups is 1. The molecule has 1 amide bonds. The van der Waals surface area contributed by atoms with Gasteiger partial charge in [-0.1, -0.05) is 18.2 Å². The molecule has 5 nitrogen and oxygen atoms in total. The molecular weight excluding hydrogens is 352 g/mol. The third-order valence-electron chi connectivity index (χ3n) is 3.35. The van der Waals surface area contributed by atoms with Gasteiger partial charge in [-0.2, -0.15) is 0 Å². The summed E-state index contributed by atoms with van der Waals surface area (Å²) in [5.41, 5.74) is 5.21. The Labute approximate surface area is 133 Å². The summed E-state index contributed by atoms with van der Waals surface area (Å²) in [6.07, 6.45) is 0. The summed E-state index contributed by atoms with van der Waals surface area (Å²) in [4.78, 5) is 15.8. The standard InChI is InChI=1S/C14H13BrN4OS/c1-8-12(15)10-4-2-3-5-11(10)19(8)6-9-7-21-14(17-9)13(20)18-16/h2-5,7H,6,16H2,1H3,(H,18,20). The number of nitrogens with zero attached hydrogens (tertiary/aromatic N) is 2. The van der Waals surface area contributed by atoms with Gasteiger partial charge in [0.05, 0.1) is 12.2 Å². The molecule has 3 aromatic rings. The lowest BCUT2D eigenvalue weighted by Gasteiger charge is -2.06. The summed E-state index contributed by atoms with van der Waals surface area (Å²) in [6, 6.07) is 8.19. The first-order chi connectivity index (χ1) is 10.1. The number of nitrogens with one attached hydrogen (secondary N) is 1. The van der Waals surface area contributed by atoms with E-state index in [2.05, 4.69) is 50.0 Å². The van der Waals surface area contributed by atoms with Gasteiger partial charge in [0.1, 0.15) is 0 Å². The van der Waals surface area contributed by atoms with E-state index in [1.807, 2.05) is 17.5 Å². The molecule has 1 aromatic carbocycles. The fourth-order valence-electron chi connectivity index (χ4n) is 2.30. The number of nitrogens with two attached hydrogens (primary N) is 1. The molecule has 0 aliphatic rings. The molecule has 0 atom stereocenters. The molecule has 0 fully saturated rings. The number of para-hydroxylation sites is 1. The molecule has 21 heavy (non-hydrogen) atoms. The topological polar surface area (TPSA) is 72.9 Å². The Hall–Kier alpha value is -1.70. The average molecular weight is 365 g/mol. The molecular formula is C14H13BrN4OS. The predicted octanol–water partition coefficient (Wildman–Crippen LogP) is 2.82. The van der Waals surface area contributed by atoms with Gasteiger partial charge in [-0.05, 0) is 28.9 Å². The van der Waals surface area contributed by atoms with Gasteiger partial charge in [-0.15, -0.1) is 11.3 Å². The van der Waals surface area contributed by atoms with Crippen LogP contribution in [0.15, 0.2) is 34.1 Å². The van der Waals surface area contributed by atoms with E-state index in [0.717, 1.165) is 21.4 Å². The van der Waals surface area contributed by atoms with Gasteiger partial charge < -0.3 is 4.57 Å². The van der Waals surface area contributed by atoms with Gasteiger partial charge in [0.2, 0.25) is 0 Å². The molecule has 0 bridgehead atoms. The highest BCUT2D eigenvalue weighted by atomic mass is 79.9. The van der Waals surface area contributed by atoms with Crippen molar-refractivity contribution in [1.82, 2.24) is 15.0 Å². The Kier molecular flexibility index (Phi) is 3.79. The Morgan fingerprint density at radius 1 is 1.48 bits per heavy atom. The Morgan fingerprint density at radius 3 is 3.00 bits per heavy atom. The number of hydrazine groups is 1. The summed E-state index contributed by atoms with van der Waals surface area (Å²) >= 11 is 4.93. The predicted molar refractivity (Wildman–Crippen MR) is 87.2 cm³/mol. The smallest absolute Gasteiger partial charge is 0.294 e. The number of halogens is 1. The first-order valence-corrected chi connectivity index (χ1v) is 7.97. The van der Waals surface area contributed by atoms with Gasteiger partial charge in [-0.3, -0.25) is 10.2 Å². The van der Waals surface area contributed by atoms with Crippen molar-refractivity contribution in [3.63, 3.8) is 0 Å². The minimum Gasteiger partial charge on any atom is -0.338 e. The van der Waals surface area contributed by atoms with Crippen molar-refractivity contribution in [2.45, 2.75) is 13.5 Å². The number of hydrogen-bond acceptors (Lipinski definition) is 4. The highest BCUT2D eigenvalue weighted by Crippen LogP contribution is 2.31. The number of nitrogen functional groups attached to an aromatic ring is 1. The molecule has 0 spiro atoms. The van der Waals surface area contributed by atoms with Crippen LogP contribution in [-0.2, 0) is 6.54 Å². The summed E-state index contributed by atoms with van der Waals surface area (Å²) in [5, 5.41) is 3.43. The zero-order valence-electron chi connectivity index (χ0n) is 11.3. The average Bonchev–Trinajstić information content (AvgIpc) is 3.07. The van der Waals surface area contributed by atoms with Crippen LogP contribution in [0.3, 0.4) is 0 Å². The zero-order chi connectivity index (χ0) is 15.0. The molecule has 108 valence electrons. The maximum absolute atomic E-state index is 11.5. The fraction of sp³-hybridized carbons (Fsp3) is 0.143. The fourth-order valence-corrected chi connectivity index (χ4v) is 3.56. The third kappa shape index (κ3) is 2.48. The molecule has 0 saturated carbocycles. The number of amides is 1. The summed E-state index contributed by atoms with van der Waals surface area (Å²) in [6.45, 7) is 2.68. The van der Waals surface area contributed by atoms with Gasteiger partial charge in [-0.25, -0.2) is 10.8 Å². The van der Waals surface area contributed by atoms with E-state index in [4.69, 9.17) is 5.84 Å². The van der Waals surface area contributed by atoms with E-state index in [0.29, 0.717) is 11.6 Å². The van der Waals surface area contributed by atoms with Crippen LogP contribution >= 0.6 is 27.3 Å². The number of thiazole rings is 1. The third-order valence-corrected chi connectivity index (χ3v) is 5.24. The van der Waals surface area contributed by atoms with Crippen molar-refractivity contribution in [2.75, 3.05) is 0 Å². The maximum Gasteiger partial charge on any atom is 0.294 e. The number of aromatic nitrogens is 2. The van der Waals surface area contributed by atoms with Gasteiger partial charge in [0, 0.05) is 26.4 Å². The van der Waals surface area contributed by atoms with Crippen molar-refractivity contribution < 1.29 is 4.79 Å². The summed E-state index contributed by atoms with van der Waals surface area (Å²) < 4.78 is 3.27. The zero-order valence-corrected chi connectivity index (χ0v) is 13.7. The minimum absolute atomic E-state index is 0.360. The monoisotopic (exact) mass is 364 g/mol. The minimum atomic E-state index is -0.360. The molecule has 0 aliphatic carbocycles. The van der Waals surface area contributed by atoms with Gasteiger partial charge >= 0.3 is 0 Å². The first-order valence-electron chi connectivity index (χ1n) is 6.30. The molecule has 2 aromatic heterocycles. The Bertz CT molecular complexity index is 824. The van der Waals surface area contributed by atoms with Crippen LogP contribution in [0.25, 0.3) is 10.9 Å². The van der Waals surface area contributed by atoms with Crippen LogP contribution in [-0.4, -0.2) is 15.5 Å². The van der Waals surface area contributed by atoms with Crippen LogP contribution in [0.5, 0.6) is 0 Å². The van der Waals surface area contributed by atoms with Crippen LogP contribution in [0, 0.1) is 6.92 Å². The molecule has 3 rings (SSSR count). The van der Waals surface area contributed by atoms with E-state index in [1.165, 1.54) is 16.7 Å². The molecule has 0 aliphatic heterocycles. The Balaban J connectivity index is 2.00. The van der Waals surface area contributed by atoms with Crippen molar-refractivity contribution in [2.24, 2.45) is 5.84 Å². The lowest BCUT2D eigenvalue weighted by Crippen LogP contribution is -2.29. The van der Waals surface area contributed by atoms with Gasteiger partial charge in [0.15, 0.2) is 5.01 Å². The maximum atomic E-state index is 11.5. The Morgan fingerprint density at radius 2 is 2.24 bits per heavy atom.